The van der Waals surface area contributed by atoms with E-state index in [1.165, 1.54) is 57.8 Å². The quantitative estimate of drug-likeness (QED) is 0.423. The normalized spacial score (nSPS) is 22.3. The largest absolute Gasteiger partial charge is 0.396 e. The molecular weight excluding hydrogens is 183 g/mol. The first-order valence-electron chi connectivity index (χ1n) is 6.54. The van der Waals surface area contributed by atoms with Crippen molar-refractivity contribution in [3.05, 3.63) is 0 Å². The number of hydrogen-bond acceptors (Lipinski definition) is 1. The molecule has 0 unspecified atom stereocenters. The van der Waals surface area contributed by atoms with Gasteiger partial charge in [-0.15, -0.1) is 0 Å². The Morgan fingerprint density at radius 1 is 1.00 bits per heavy atom. The summed E-state index contributed by atoms with van der Waals surface area (Å²) in [6.45, 7) is 0. The van der Waals surface area contributed by atoms with Gasteiger partial charge in [0, 0.05) is 12.8 Å². The number of hydrogen-bond donors (Lipinski definition) is 1. The van der Waals surface area contributed by atoms with Crippen molar-refractivity contribution in [2.75, 3.05) is 7.05 Å². The number of aliphatic imine (C=N–C) groups is 1. The van der Waals surface area contributed by atoms with Crippen molar-refractivity contribution in [1.82, 2.24) is 0 Å². The number of nitrogens with two attached hydrogens (primary N) is 1. The Morgan fingerprint density at radius 2 is 1.47 bits per heavy atom. The zero-order valence-corrected chi connectivity index (χ0v) is 10.2. The van der Waals surface area contributed by atoms with E-state index in [4.69, 9.17) is 5.73 Å². The molecule has 0 aromatic heterocycles. The van der Waals surface area contributed by atoms with Crippen molar-refractivity contribution >= 4 is 13.0 Å². The molecule has 0 heterocycles. The summed E-state index contributed by atoms with van der Waals surface area (Å²) in [5.41, 5.74) is 6.66. The van der Waals surface area contributed by atoms with Crippen molar-refractivity contribution in [3.63, 3.8) is 0 Å². The fourth-order valence-corrected chi connectivity index (χ4v) is 2.49. The molecule has 1 saturated carbocycles. The van der Waals surface area contributed by atoms with Crippen LogP contribution in [0, 0.1) is 0 Å². The van der Waals surface area contributed by atoms with E-state index in [0.717, 1.165) is 18.8 Å². The fraction of sp³-hybridized carbons (Fsp3) is 0.917. The molecule has 0 amide bonds. The lowest BCUT2D eigenvalue weighted by molar-refractivity contribution is 0.503. The lowest BCUT2D eigenvalue weighted by Crippen LogP contribution is -2.24. The first kappa shape index (κ1) is 12.6. The van der Waals surface area contributed by atoms with Crippen molar-refractivity contribution < 1.29 is 0 Å². The van der Waals surface area contributed by atoms with Crippen LogP contribution in [0.2, 0.25) is 5.82 Å². The third-order valence-corrected chi connectivity index (χ3v) is 3.51. The number of nitrogens with zero attached hydrogens (tertiary/aromatic N) is 1. The lowest BCUT2D eigenvalue weighted by atomic mass is 9.59. The SMILES string of the molecule is C/N=C(\N)BC1CCCCCCCCC1. The van der Waals surface area contributed by atoms with Crippen LogP contribution >= 0.6 is 0 Å². The Balaban J connectivity index is 2.31. The van der Waals surface area contributed by atoms with E-state index in [1.54, 1.807) is 7.05 Å². The molecule has 1 aliphatic carbocycles. The second kappa shape index (κ2) is 7.78. The van der Waals surface area contributed by atoms with Gasteiger partial charge in [-0.2, -0.15) is 0 Å². The van der Waals surface area contributed by atoms with Crippen LogP contribution in [0.3, 0.4) is 0 Å². The molecule has 1 fully saturated rings. The molecule has 0 atom stereocenters. The minimum atomic E-state index is 0.798. The van der Waals surface area contributed by atoms with Crippen molar-refractivity contribution in [2.45, 2.75) is 63.6 Å². The Kier molecular flexibility index (Phi) is 6.54. The van der Waals surface area contributed by atoms with Gasteiger partial charge in [0.1, 0.15) is 0 Å². The molecule has 0 aliphatic heterocycles. The first-order valence-corrected chi connectivity index (χ1v) is 6.54. The van der Waals surface area contributed by atoms with Crippen LogP contribution < -0.4 is 5.73 Å². The van der Waals surface area contributed by atoms with Gasteiger partial charge < -0.3 is 5.73 Å². The Bertz CT molecular complexity index is 182. The highest BCUT2D eigenvalue weighted by atomic mass is 14.8. The van der Waals surface area contributed by atoms with Crippen LogP contribution in [0.4, 0.5) is 0 Å². The van der Waals surface area contributed by atoms with Crippen molar-refractivity contribution in [3.8, 4) is 0 Å². The summed E-state index contributed by atoms with van der Waals surface area (Å²) in [4.78, 5) is 4.07. The van der Waals surface area contributed by atoms with E-state index in [2.05, 4.69) is 4.99 Å². The second-order valence-electron chi connectivity index (χ2n) is 4.84. The van der Waals surface area contributed by atoms with Gasteiger partial charge in [0.2, 0.25) is 7.28 Å². The monoisotopic (exact) mass is 208 g/mol. The highest BCUT2D eigenvalue weighted by Crippen LogP contribution is 2.24. The van der Waals surface area contributed by atoms with Gasteiger partial charge >= 0.3 is 0 Å². The van der Waals surface area contributed by atoms with E-state index in [0.29, 0.717) is 0 Å². The van der Waals surface area contributed by atoms with Gasteiger partial charge in [-0.3, -0.25) is 4.99 Å². The summed E-state index contributed by atoms with van der Waals surface area (Å²) in [5.74, 6) is 0.798. The first-order chi connectivity index (χ1) is 7.33. The summed E-state index contributed by atoms with van der Waals surface area (Å²) in [6.07, 6.45) is 12.6. The maximum absolute atomic E-state index is 5.81. The average Bonchev–Trinajstić information content (AvgIpc) is 2.27. The number of amidine groups is 1. The van der Waals surface area contributed by atoms with Crippen LogP contribution in [0.15, 0.2) is 4.99 Å². The third-order valence-electron chi connectivity index (χ3n) is 3.51. The fourth-order valence-electron chi connectivity index (χ4n) is 2.49. The molecule has 2 N–H and O–H groups in total. The summed E-state index contributed by atoms with van der Waals surface area (Å²) in [6, 6.07) is 0. The highest BCUT2D eigenvalue weighted by Gasteiger charge is 2.13. The molecule has 3 heteroatoms. The van der Waals surface area contributed by atoms with Crippen molar-refractivity contribution in [1.29, 1.82) is 0 Å². The van der Waals surface area contributed by atoms with Crippen LogP contribution in [0.1, 0.15) is 57.8 Å². The Morgan fingerprint density at radius 3 is 1.93 bits per heavy atom. The molecule has 2 nitrogen and oxygen atoms in total. The van der Waals surface area contributed by atoms with Gasteiger partial charge in [-0.25, -0.2) is 0 Å². The van der Waals surface area contributed by atoms with E-state index in [-0.39, 0.29) is 0 Å². The van der Waals surface area contributed by atoms with E-state index < -0.39 is 0 Å². The van der Waals surface area contributed by atoms with Gasteiger partial charge in [-0.05, 0) is 0 Å². The maximum atomic E-state index is 5.81. The molecule has 0 saturated heterocycles. The topological polar surface area (TPSA) is 38.4 Å². The molecule has 0 spiro atoms. The predicted molar refractivity (Wildman–Crippen MR) is 70.0 cm³/mol. The summed E-state index contributed by atoms with van der Waals surface area (Å²) >= 11 is 0. The zero-order chi connectivity index (χ0) is 10.9. The average molecular weight is 208 g/mol. The molecule has 0 radical (unpaired) electrons. The Hall–Kier alpha value is -0.465. The van der Waals surface area contributed by atoms with Gasteiger partial charge in [-0.1, -0.05) is 63.6 Å². The molecule has 0 aromatic carbocycles. The summed E-state index contributed by atoms with van der Waals surface area (Å²) < 4.78 is 0. The zero-order valence-electron chi connectivity index (χ0n) is 10.2. The standard InChI is InChI=1S/C12H25BN2/c1-15-12(14)13-11-9-7-5-3-2-4-6-8-10-11/h11,13H,2-10H2,1H3,(H2,14,15). The molecule has 1 aliphatic rings. The van der Waals surface area contributed by atoms with Crippen LogP contribution in [-0.4, -0.2) is 20.1 Å². The predicted octanol–water partition coefficient (Wildman–Crippen LogP) is 2.68. The second-order valence-corrected chi connectivity index (χ2v) is 4.84. The minimum Gasteiger partial charge on any atom is -0.396 e. The summed E-state index contributed by atoms with van der Waals surface area (Å²) in [7, 11) is 2.83. The van der Waals surface area contributed by atoms with E-state index >= 15 is 0 Å². The highest BCUT2D eigenvalue weighted by molar-refractivity contribution is 6.75. The van der Waals surface area contributed by atoms with Crippen LogP contribution in [-0.2, 0) is 0 Å². The van der Waals surface area contributed by atoms with E-state index in [1.807, 2.05) is 0 Å². The number of rotatable bonds is 2. The van der Waals surface area contributed by atoms with Gasteiger partial charge in [0.25, 0.3) is 0 Å². The lowest BCUT2D eigenvalue weighted by Gasteiger charge is -2.16. The molecule has 86 valence electrons. The summed E-state index contributed by atoms with van der Waals surface area (Å²) in [5, 5.41) is 0. The molecular formula is C12H25BN2. The van der Waals surface area contributed by atoms with Gasteiger partial charge in [0.05, 0.1) is 0 Å². The molecule has 0 aromatic rings. The Labute approximate surface area is 95.0 Å². The molecule has 0 bridgehead atoms. The molecule has 1 rings (SSSR count). The maximum Gasteiger partial charge on any atom is 0.206 e. The smallest absolute Gasteiger partial charge is 0.206 e. The molecule has 15 heavy (non-hydrogen) atoms. The van der Waals surface area contributed by atoms with Gasteiger partial charge in [0.15, 0.2) is 0 Å². The van der Waals surface area contributed by atoms with Crippen LogP contribution in [0.25, 0.3) is 0 Å². The minimum absolute atomic E-state index is 0.798. The third kappa shape index (κ3) is 5.86. The van der Waals surface area contributed by atoms with E-state index in [9.17, 15) is 0 Å². The van der Waals surface area contributed by atoms with Crippen molar-refractivity contribution in [2.24, 2.45) is 10.7 Å². The van der Waals surface area contributed by atoms with Crippen LogP contribution in [0.5, 0.6) is 0 Å².